The number of hydrogen-bond donors (Lipinski definition) is 2. The Morgan fingerprint density at radius 1 is 1.25 bits per heavy atom. The summed E-state index contributed by atoms with van der Waals surface area (Å²) in [6.07, 6.45) is 3.98. The predicted molar refractivity (Wildman–Crippen MR) is 106 cm³/mol. The number of H-pyrrole nitrogens is 1. The van der Waals surface area contributed by atoms with Gasteiger partial charge in [-0.3, -0.25) is 14.9 Å². The number of nitrogens with zero attached hydrogens (tertiary/aromatic N) is 2. The van der Waals surface area contributed by atoms with E-state index in [1.165, 1.54) is 17.6 Å². The molecule has 0 fully saturated rings. The number of carbonyl (C=O) groups is 2. The molecule has 2 amide bonds. The minimum Gasteiger partial charge on any atom is -0.459 e. The van der Waals surface area contributed by atoms with E-state index < -0.39 is 0 Å². The Kier molecular flexibility index (Phi) is 3.98. The fourth-order valence-electron chi connectivity index (χ4n) is 3.35. The molecule has 4 heterocycles. The van der Waals surface area contributed by atoms with Crippen molar-refractivity contribution < 1.29 is 14.0 Å². The highest BCUT2D eigenvalue weighted by atomic mass is 32.1. The number of rotatable bonds is 3. The first-order chi connectivity index (χ1) is 13.7. The Morgan fingerprint density at radius 2 is 2.18 bits per heavy atom. The van der Waals surface area contributed by atoms with Gasteiger partial charge in [-0.1, -0.05) is 17.4 Å². The highest BCUT2D eigenvalue weighted by Crippen LogP contribution is 2.29. The van der Waals surface area contributed by atoms with E-state index in [0.717, 1.165) is 21.5 Å². The van der Waals surface area contributed by atoms with Crippen molar-refractivity contribution in [3.05, 3.63) is 70.8 Å². The normalized spacial score (nSPS) is 13.5. The lowest BCUT2D eigenvalue weighted by molar-refractivity contribution is 0.0736. The zero-order valence-electron chi connectivity index (χ0n) is 14.8. The van der Waals surface area contributed by atoms with Crippen molar-refractivity contribution in [1.29, 1.82) is 0 Å². The minimum absolute atomic E-state index is 0.00304. The fourth-order valence-corrected chi connectivity index (χ4v) is 4.37. The van der Waals surface area contributed by atoms with Crippen LogP contribution >= 0.6 is 11.3 Å². The van der Waals surface area contributed by atoms with Crippen molar-refractivity contribution in [2.24, 2.45) is 0 Å². The summed E-state index contributed by atoms with van der Waals surface area (Å²) in [5.74, 6) is -0.0929. The summed E-state index contributed by atoms with van der Waals surface area (Å²) in [6.45, 7) is 1.09. The van der Waals surface area contributed by atoms with Crippen LogP contribution in [0.4, 0.5) is 5.13 Å². The van der Waals surface area contributed by atoms with E-state index in [9.17, 15) is 9.59 Å². The molecular weight excluding hydrogens is 376 g/mol. The van der Waals surface area contributed by atoms with Gasteiger partial charge in [-0.05, 0) is 35.7 Å². The van der Waals surface area contributed by atoms with Gasteiger partial charge in [-0.2, -0.15) is 0 Å². The van der Waals surface area contributed by atoms with Gasteiger partial charge in [-0.25, -0.2) is 4.98 Å². The number of thiazole rings is 1. The molecule has 28 heavy (non-hydrogen) atoms. The number of fused-ring (bicyclic) bond motifs is 2. The lowest BCUT2D eigenvalue weighted by atomic mass is 10.1. The molecule has 0 bridgehead atoms. The maximum atomic E-state index is 12.9. The lowest BCUT2D eigenvalue weighted by Crippen LogP contribution is -2.35. The van der Waals surface area contributed by atoms with Crippen molar-refractivity contribution in [2.75, 3.05) is 11.9 Å². The number of amides is 2. The molecular formula is C20H16N4O3S. The minimum atomic E-state index is -0.330. The molecule has 0 radical (unpaired) electrons. The summed E-state index contributed by atoms with van der Waals surface area (Å²) in [5, 5.41) is 4.36. The average Bonchev–Trinajstić information content (AvgIpc) is 3.45. The number of furan rings is 1. The molecule has 0 aliphatic carbocycles. The number of benzene rings is 1. The van der Waals surface area contributed by atoms with E-state index in [0.29, 0.717) is 30.2 Å². The van der Waals surface area contributed by atoms with Gasteiger partial charge in [0.2, 0.25) is 0 Å². The molecule has 0 saturated heterocycles. The van der Waals surface area contributed by atoms with Crippen LogP contribution in [0.2, 0.25) is 0 Å². The molecule has 0 unspecified atom stereocenters. The summed E-state index contributed by atoms with van der Waals surface area (Å²) < 4.78 is 5.10. The van der Waals surface area contributed by atoms with Crippen molar-refractivity contribution in [3.8, 4) is 0 Å². The Morgan fingerprint density at radius 3 is 3.04 bits per heavy atom. The van der Waals surface area contributed by atoms with Gasteiger partial charge in [0.25, 0.3) is 11.8 Å². The highest BCUT2D eigenvalue weighted by molar-refractivity contribution is 7.15. The third-order valence-corrected chi connectivity index (χ3v) is 5.78. The summed E-state index contributed by atoms with van der Waals surface area (Å²) in [4.78, 5) is 35.5. The molecule has 1 aliphatic heterocycles. The molecule has 8 heteroatoms. The van der Waals surface area contributed by atoms with E-state index in [1.54, 1.807) is 12.1 Å². The van der Waals surface area contributed by atoms with Crippen LogP contribution in [0.5, 0.6) is 0 Å². The molecule has 140 valence electrons. The molecule has 0 saturated carbocycles. The van der Waals surface area contributed by atoms with E-state index >= 15 is 0 Å². The monoisotopic (exact) mass is 392 g/mol. The lowest BCUT2D eigenvalue weighted by Gasteiger charge is -2.26. The Labute approximate surface area is 164 Å². The molecule has 0 spiro atoms. The maximum absolute atomic E-state index is 12.9. The molecule has 1 aromatic carbocycles. The third-order valence-electron chi connectivity index (χ3n) is 4.79. The fraction of sp³-hybridized carbons (Fsp3) is 0.150. The van der Waals surface area contributed by atoms with Gasteiger partial charge < -0.3 is 14.3 Å². The van der Waals surface area contributed by atoms with Gasteiger partial charge >= 0.3 is 0 Å². The first-order valence-corrected chi connectivity index (χ1v) is 9.69. The number of hydrogen-bond acceptors (Lipinski definition) is 5. The van der Waals surface area contributed by atoms with Crippen molar-refractivity contribution >= 4 is 39.2 Å². The first kappa shape index (κ1) is 16.8. The van der Waals surface area contributed by atoms with E-state index in [4.69, 9.17) is 4.42 Å². The van der Waals surface area contributed by atoms with Gasteiger partial charge in [-0.15, -0.1) is 0 Å². The topological polar surface area (TPSA) is 91.2 Å². The summed E-state index contributed by atoms with van der Waals surface area (Å²) >= 11 is 1.40. The Bertz CT molecular complexity index is 1180. The van der Waals surface area contributed by atoms with Crippen molar-refractivity contribution in [2.45, 2.75) is 13.0 Å². The van der Waals surface area contributed by atoms with E-state index in [2.05, 4.69) is 15.3 Å². The quantitative estimate of drug-likeness (QED) is 0.557. The average molecular weight is 392 g/mol. The SMILES string of the molecule is O=C(Nc1nc2c(s1)CN(C(=O)c1ccc3cc[nH]c3c1)CC2)c1ccco1. The van der Waals surface area contributed by atoms with Crippen LogP contribution < -0.4 is 5.32 Å². The van der Waals surface area contributed by atoms with Crippen LogP contribution in [0.15, 0.2) is 53.3 Å². The van der Waals surface area contributed by atoms with Gasteiger partial charge in [0.15, 0.2) is 10.9 Å². The molecule has 3 aromatic heterocycles. The zero-order valence-corrected chi connectivity index (χ0v) is 15.6. The second-order valence-electron chi connectivity index (χ2n) is 6.58. The third kappa shape index (κ3) is 2.97. The number of anilines is 1. The second kappa shape index (κ2) is 6.65. The van der Waals surface area contributed by atoms with Crippen LogP contribution in [-0.2, 0) is 13.0 Å². The van der Waals surface area contributed by atoms with Crippen LogP contribution in [-0.4, -0.2) is 33.2 Å². The number of carbonyl (C=O) groups excluding carboxylic acids is 2. The van der Waals surface area contributed by atoms with Gasteiger partial charge in [0.05, 0.1) is 18.5 Å². The van der Waals surface area contributed by atoms with Gasteiger partial charge in [0.1, 0.15) is 0 Å². The number of aromatic amines is 1. The largest absolute Gasteiger partial charge is 0.459 e. The zero-order chi connectivity index (χ0) is 19.1. The maximum Gasteiger partial charge on any atom is 0.293 e. The van der Waals surface area contributed by atoms with E-state index in [-0.39, 0.29) is 17.6 Å². The summed E-state index contributed by atoms with van der Waals surface area (Å²) in [6, 6.07) is 10.9. The number of nitrogens with one attached hydrogen (secondary N) is 2. The molecule has 5 rings (SSSR count). The summed E-state index contributed by atoms with van der Waals surface area (Å²) in [5.41, 5.74) is 2.54. The van der Waals surface area contributed by atoms with Crippen LogP contribution in [0.1, 0.15) is 31.5 Å². The second-order valence-corrected chi connectivity index (χ2v) is 7.66. The van der Waals surface area contributed by atoms with Crippen LogP contribution in [0.3, 0.4) is 0 Å². The van der Waals surface area contributed by atoms with Crippen LogP contribution in [0.25, 0.3) is 10.9 Å². The highest BCUT2D eigenvalue weighted by Gasteiger charge is 2.25. The van der Waals surface area contributed by atoms with Gasteiger partial charge in [0, 0.05) is 35.1 Å². The van der Waals surface area contributed by atoms with Crippen LogP contribution in [0, 0.1) is 0 Å². The first-order valence-electron chi connectivity index (χ1n) is 8.87. The molecule has 2 N–H and O–H groups in total. The van der Waals surface area contributed by atoms with E-state index in [1.807, 2.05) is 35.4 Å². The van der Waals surface area contributed by atoms with Crippen molar-refractivity contribution in [1.82, 2.24) is 14.9 Å². The Hall–Kier alpha value is -3.39. The Balaban J connectivity index is 1.32. The van der Waals surface area contributed by atoms with Crippen molar-refractivity contribution in [3.63, 3.8) is 0 Å². The summed E-state index contributed by atoms with van der Waals surface area (Å²) in [7, 11) is 0. The predicted octanol–water partition coefficient (Wildman–Crippen LogP) is 3.67. The molecule has 0 atom stereocenters. The smallest absolute Gasteiger partial charge is 0.293 e. The standard InChI is InChI=1S/C20H16N4O3S/c25-18(16-2-1-9-27-16)23-20-22-14-6-8-24(11-17(14)28-20)19(26)13-4-3-12-5-7-21-15(12)10-13/h1-5,7,9-10,21H,6,8,11H2,(H,22,23,25). The molecule has 1 aliphatic rings. The molecule has 7 nitrogen and oxygen atoms in total. The molecule has 4 aromatic rings. The number of aromatic nitrogens is 2.